The van der Waals surface area contributed by atoms with E-state index in [-0.39, 0.29) is 41.7 Å². The van der Waals surface area contributed by atoms with Crippen molar-refractivity contribution in [2.45, 2.75) is 52.6 Å². The molecule has 136 valence electrons. The van der Waals surface area contributed by atoms with Crippen molar-refractivity contribution in [3.05, 3.63) is 28.8 Å². The molecule has 0 saturated carbocycles. The van der Waals surface area contributed by atoms with Gasteiger partial charge in [0.05, 0.1) is 16.5 Å². The summed E-state index contributed by atoms with van der Waals surface area (Å²) in [7, 11) is 0. The van der Waals surface area contributed by atoms with Crippen LogP contribution in [0.5, 0.6) is 0 Å². The van der Waals surface area contributed by atoms with Gasteiger partial charge in [0.15, 0.2) is 0 Å². The number of anilines is 1. The average Bonchev–Trinajstić information content (AvgIpc) is 2.45. The number of nitrogens with one attached hydrogen (secondary N) is 2. The van der Waals surface area contributed by atoms with Crippen molar-refractivity contribution >= 4 is 41.5 Å². The summed E-state index contributed by atoms with van der Waals surface area (Å²) in [6, 6.07) is 4.59. The Morgan fingerprint density at radius 3 is 2.33 bits per heavy atom. The molecule has 0 aliphatic heterocycles. The first-order chi connectivity index (χ1) is 10.6. The van der Waals surface area contributed by atoms with Crippen LogP contribution in [0.4, 0.5) is 5.69 Å². The summed E-state index contributed by atoms with van der Waals surface area (Å²) < 4.78 is 0. The van der Waals surface area contributed by atoms with Crippen molar-refractivity contribution in [1.82, 2.24) is 5.32 Å². The quantitative estimate of drug-likeness (QED) is 0.709. The Labute approximate surface area is 155 Å². The summed E-state index contributed by atoms with van der Waals surface area (Å²) in [5, 5.41) is 5.98. The van der Waals surface area contributed by atoms with Crippen molar-refractivity contribution in [2.24, 2.45) is 11.7 Å². The van der Waals surface area contributed by atoms with E-state index in [0.717, 1.165) is 6.42 Å². The topological polar surface area (TPSA) is 84.2 Å². The number of rotatable bonds is 6. The second-order valence-corrected chi connectivity index (χ2v) is 6.93. The molecular weight excluding hydrogens is 349 g/mol. The predicted molar refractivity (Wildman–Crippen MR) is 102 cm³/mol. The van der Waals surface area contributed by atoms with Gasteiger partial charge in [-0.1, -0.05) is 25.4 Å². The number of halogens is 2. The van der Waals surface area contributed by atoms with E-state index in [0.29, 0.717) is 16.3 Å². The van der Waals surface area contributed by atoms with Crippen molar-refractivity contribution < 1.29 is 9.59 Å². The lowest BCUT2D eigenvalue weighted by molar-refractivity contribution is -0.119. The molecule has 0 spiro atoms. The van der Waals surface area contributed by atoms with Crippen molar-refractivity contribution in [3.8, 4) is 0 Å². The molecule has 0 aliphatic carbocycles. The molecule has 0 bridgehead atoms. The van der Waals surface area contributed by atoms with E-state index in [1.54, 1.807) is 32.0 Å². The lowest BCUT2D eigenvalue weighted by Gasteiger charge is -2.24. The van der Waals surface area contributed by atoms with Gasteiger partial charge in [0.25, 0.3) is 5.91 Å². The molecule has 2 amide bonds. The van der Waals surface area contributed by atoms with Gasteiger partial charge >= 0.3 is 0 Å². The Kier molecular flexibility index (Phi) is 8.75. The number of amides is 2. The zero-order valence-corrected chi connectivity index (χ0v) is 16.3. The number of hydrogen-bond donors (Lipinski definition) is 3. The third-order valence-corrected chi connectivity index (χ3v) is 4.33. The van der Waals surface area contributed by atoms with Crippen LogP contribution in [0.2, 0.25) is 5.02 Å². The maximum absolute atomic E-state index is 12.3. The number of benzene rings is 1. The summed E-state index contributed by atoms with van der Waals surface area (Å²) in [6.45, 7) is 9.43. The third-order valence-electron chi connectivity index (χ3n) is 4.02. The molecule has 0 aliphatic rings. The van der Waals surface area contributed by atoms with Crippen LogP contribution < -0.4 is 16.4 Å². The van der Waals surface area contributed by atoms with Crippen LogP contribution in [0.3, 0.4) is 0 Å². The number of carbonyl (C=O) groups is 2. The zero-order chi connectivity index (χ0) is 17.8. The Morgan fingerprint density at radius 2 is 1.88 bits per heavy atom. The molecule has 2 unspecified atom stereocenters. The van der Waals surface area contributed by atoms with Crippen molar-refractivity contribution in [1.29, 1.82) is 0 Å². The van der Waals surface area contributed by atoms with E-state index >= 15 is 0 Å². The van der Waals surface area contributed by atoms with Gasteiger partial charge in [0.1, 0.15) is 0 Å². The number of nitrogens with two attached hydrogens (primary N) is 1. The molecule has 0 radical (unpaired) electrons. The van der Waals surface area contributed by atoms with Gasteiger partial charge in [-0.25, -0.2) is 0 Å². The van der Waals surface area contributed by atoms with E-state index in [1.807, 2.05) is 20.8 Å². The van der Waals surface area contributed by atoms with E-state index in [1.165, 1.54) is 0 Å². The fourth-order valence-corrected chi connectivity index (χ4v) is 2.00. The van der Waals surface area contributed by atoms with Crippen LogP contribution in [-0.2, 0) is 4.79 Å². The fraction of sp³-hybridized carbons (Fsp3) is 0.529. The minimum atomic E-state index is -0.317. The Morgan fingerprint density at radius 1 is 1.29 bits per heavy atom. The Balaban J connectivity index is 0.00000529. The average molecular weight is 376 g/mol. The van der Waals surface area contributed by atoms with Gasteiger partial charge in [-0.2, -0.15) is 0 Å². The van der Waals surface area contributed by atoms with Crippen LogP contribution in [0.15, 0.2) is 18.2 Å². The van der Waals surface area contributed by atoms with Gasteiger partial charge in [-0.15, -0.1) is 12.4 Å². The highest BCUT2D eigenvalue weighted by Gasteiger charge is 2.21. The summed E-state index contributed by atoms with van der Waals surface area (Å²) in [6.07, 6.45) is 0.805. The molecule has 1 aromatic rings. The van der Waals surface area contributed by atoms with Gasteiger partial charge < -0.3 is 16.4 Å². The molecule has 0 heterocycles. The Hall–Kier alpha value is -1.30. The van der Waals surface area contributed by atoms with Gasteiger partial charge in [-0.3, -0.25) is 9.59 Å². The van der Waals surface area contributed by atoms with E-state index in [2.05, 4.69) is 10.6 Å². The molecule has 0 fully saturated rings. The zero-order valence-electron chi connectivity index (χ0n) is 14.8. The standard InChI is InChI=1S/C17H26ClN3O2.ClH/c1-6-17(4,5)21-16(23)13-8-7-12(9-14(13)18)20-15(22)10(2)11(3)19;/h7-11H,6,19H2,1-5H3,(H,20,22)(H,21,23);1H. The van der Waals surface area contributed by atoms with Crippen molar-refractivity contribution in [2.75, 3.05) is 5.32 Å². The number of carbonyl (C=O) groups excluding carboxylic acids is 2. The lowest BCUT2D eigenvalue weighted by atomic mass is 10.0. The van der Waals surface area contributed by atoms with Crippen LogP contribution >= 0.6 is 24.0 Å². The SMILES string of the molecule is CCC(C)(C)NC(=O)c1ccc(NC(=O)C(C)C(C)N)cc1Cl.Cl. The maximum atomic E-state index is 12.3. The first-order valence-corrected chi connectivity index (χ1v) is 8.13. The molecule has 4 N–H and O–H groups in total. The molecule has 1 aromatic carbocycles. The Bertz CT molecular complexity index is 589. The molecule has 5 nitrogen and oxygen atoms in total. The summed E-state index contributed by atoms with van der Waals surface area (Å²) in [4.78, 5) is 24.3. The second-order valence-electron chi connectivity index (χ2n) is 6.52. The highest BCUT2D eigenvalue weighted by molar-refractivity contribution is 6.34. The number of hydrogen-bond acceptors (Lipinski definition) is 3. The first kappa shape index (κ1) is 22.7. The summed E-state index contributed by atoms with van der Waals surface area (Å²) in [5.74, 6) is -0.730. The van der Waals surface area contributed by atoms with E-state index < -0.39 is 0 Å². The lowest BCUT2D eigenvalue weighted by Crippen LogP contribution is -2.42. The molecular formula is C17H27Cl2N3O2. The molecule has 7 heteroatoms. The van der Waals surface area contributed by atoms with E-state index in [9.17, 15) is 9.59 Å². The van der Waals surface area contributed by atoms with Gasteiger partial charge in [0.2, 0.25) is 5.91 Å². The highest BCUT2D eigenvalue weighted by Crippen LogP contribution is 2.22. The normalized spacial score (nSPS) is 13.5. The minimum absolute atomic E-state index is 0. The molecule has 1 rings (SSSR count). The predicted octanol–water partition coefficient (Wildman–Crippen LogP) is 3.60. The first-order valence-electron chi connectivity index (χ1n) is 7.76. The van der Waals surface area contributed by atoms with Crippen LogP contribution in [0.1, 0.15) is 51.4 Å². The smallest absolute Gasteiger partial charge is 0.253 e. The molecule has 0 saturated heterocycles. The second kappa shape index (κ2) is 9.25. The van der Waals surface area contributed by atoms with Gasteiger partial charge in [0, 0.05) is 17.3 Å². The van der Waals surface area contributed by atoms with Crippen LogP contribution in [0, 0.1) is 5.92 Å². The highest BCUT2D eigenvalue weighted by atomic mass is 35.5. The van der Waals surface area contributed by atoms with Gasteiger partial charge in [-0.05, 0) is 45.4 Å². The third kappa shape index (κ3) is 6.30. The fourth-order valence-electron chi connectivity index (χ4n) is 1.73. The largest absolute Gasteiger partial charge is 0.347 e. The molecule has 0 aromatic heterocycles. The van der Waals surface area contributed by atoms with Crippen LogP contribution in [-0.4, -0.2) is 23.4 Å². The molecule has 2 atom stereocenters. The monoisotopic (exact) mass is 375 g/mol. The van der Waals surface area contributed by atoms with E-state index in [4.69, 9.17) is 17.3 Å². The summed E-state index contributed by atoms with van der Waals surface area (Å²) in [5.41, 5.74) is 6.33. The van der Waals surface area contributed by atoms with Crippen LogP contribution in [0.25, 0.3) is 0 Å². The maximum Gasteiger partial charge on any atom is 0.253 e. The minimum Gasteiger partial charge on any atom is -0.347 e. The molecule has 24 heavy (non-hydrogen) atoms. The van der Waals surface area contributed by atoms with Crippen molar-refractivity contribution in [3.63, 3.8) is 0 Å². The summed E-state index contributed by atoms with van der Waals surface area (Å²) >= 11 is 6.19.